The largest absolute Gasteiger partial charge is 0.481 e. The molecule has 5 rings (SSSR count). The van der Waals surface area contributed by atoms with Crippen LogP contribution in [0.15, 0.2) is 16.8 Å². The van der Waals surface area contributed by atoms with Gasteiger partial charge in [-0.05, 0) is 59.8 Å². The highest BCUT2D eigenvalue weighted by atomic mass is 16.8. The molecule has 0 aromatic rings. The number of nitrogens with two attached hydrogens (primary N) is 4. The molecule has 31 N–H and O–H groups in total. The quantitative estimate of drug-likeness (QED) is 0.0253. The number of carboxylic acids is 2. The van der Waals surface area contributed by atoms with Crippen molar-refractivity contribution in [3.8, 4) is 0 Å². The summed E-state index contributed by atoms with van der Waals surface area (Å²) >= 11 is 0. The minimum absolute atomic E-state index is 0.114. The average Bonchev–Trinajstić information content (AvgIpc) is 0.829. The van der Waals surface area contributed by atoms with Crippen molar-refractivity contribution in [2.75, 3.05) is 53.2 Å². The Kier molecular flexibility index (Phi) is 37.7. The second kappa shape index (κ2) is 44.2. The molecule has 5 aliphatic rings. The third kappa shape index (κ3) is 25.1. The molecule has 48 nitrogen and oxygen atoms in total. The summed E-state index contributed by atoms with van der Waals surface area (Å²) in [5.41, 5.74) is 25.4. The van der Waals surface area contributed by atoms with Crippen LogP contribution in [-0.2, 0) is 90.6 Å². The van der Waals surface area contributed by atoms with Crippen LogP contribution in [0.5, 0.6) is 0 Å². The van der Waals surface area contributed by atoms with Gasteiger partial charge in [-0.1, -0.05) is 19.4 Å². The van der Waals surface area contributed by atoms with Gasteiger partial charge >= 0.3 is 11.9 Å². The zero-order valence-corrected chi connectivity index (χ0v) is 63.7. The van der Waals surface area contributed by atoms with Crippen molar-refractivity contribution in [2.45, 2.75) is 269 Å². The second-order valence-corrected chi connectivity index (χ2v) is 28.5. The van der Waals surface area contributed by atoms with Crippen molar-refractivity contribution < 1.29 is 167 Å². The molecular weight excluding hydrogens is 1530 g/mol. The first-order chi connectivity index (χ1) is 53.5. The number of amides is 9. The van der Waals surface area contributed by atoms with E-state index in [0.29, 0.717) is 5.57 Å². The van der Waals surface area contributed by atoms with E-state index in [1.54, 1.807) is 13.8 Å². The van der Waals surface area contributed by atoms with Crippen molar-refractivity contribution in [1.82, 2.24) is 47.4 Å². The van der Waals surface area contributed by atoms with E-state index in [-0.39, 0.29) is 25.8 Å². The van der Waals surface area contributed by atoms with Crippen LogP contribution in [0.2, 0.25) is 0 Å². The summed E-state index contributed by atoms with van der Waals surface area (Å²) in [5.74, 6) is -17.1. The first-order valence-electron chi connectivity index (χ1n) is 36.5. The summed E-state index contributed by atoms with van der Waals surface area (Å²) in [7, 11) is 1.09. The fourth-order valence-electron chi connectivity index (χ4n) is 12.9. The molecule has 5 aliphatic heterocycles. The van der Waals surface area contributed by atoms with Crippen molar-refractivity contribution in [3.05, 3.63) is 11.8 Å². The number of aliphatic hydroxyl groups is 13. The van der Waals surface area contributed by atoms with Crippen LogP contribution < -0.4 is 65.5 Å². The van der Waals surface area contributed by atoms with Gasteiger partial charge in [0.05, 0.1) is 88.5 Å². The number of ether oxygens (including phenoxy) is 8. The summed E-state index contributed by atoms with van der Waals surface area (Å²) < 4.78 is 46.6. The van der Waals surface area contributed by atoms with Crippen LogP contribution in [0.3, 0.4) is 0 Å². The Hall–Kier alpha value is -7.42. The number of carbonyl (C=O) groups is 11. The molecule has 0 aliphatic carbocycles. The number of aliphatic hydroxyl groups excluding tert-OH is 13. The highest BCUT2D eigenvalue weighted by molar-refractivity contribution is 5.99. The molecule has 650 valence electrons. The number of carbonyl (C=O) groups excluding carboxylic acids is 9. The number of likely N-dealkylation sites (tertiary alicyclic amines) is 1. The lowest BCUT2D eigenvalue weighted by molar-refractivity contribution is -0.381. The lowest BCUT2D eigenvalue weighted by Gasteiger charge is -2.50. The van der Waals surface area contributed by atoms with Crippen LogP contribution in [-0.4, -0.2) is 395 Å². The molecule has 0 aromatic carbocycles. The Morgan fingerprint density at radius 3 is 1.82 bits per heavy atom. The number of carboxylic acid groups (broad SMARTS) is 2. The third-order valence-electron chi connectivity index (χ3n) is 19.5. The molecule has 0 bridgehead atoms. The first kappa shape index (κ1) is 97.2. The van der Waals surface area contributed by atoms with Gasteiger partial charge in [-0.2, -0.15) is 0 Å². The predicted octanol–water partition coefficient (Wildman–Crippen LogP) is -15.2. The van der Waals surface area contributed by atoms with Crippen LogP contribution >= 0.6 is 0 Å². The molecule has 0 aromatic heterocycles. The van der Waals surface area contributed by atoms with Gasteiger partial charge in [0.25, 0.3) is 5.79 Å². The number of aliphatic carboxylic acids is 2. The van der Waals surface area contributed by atoms with Gasteiger partial charge in [-0.3, -0.25) is 52.9 Å². The van der Waals surface area contributed by atoms with Gasteiger partial charge in [-0.25, -0.2) is 4.79 Å². The van der Waals surface area contributed by atoms with Gasteiger partial charge in [0.2, 0.25) is 53.2 Å². The maximum atomic E-state index is 14.4. The normalized spacial score (nSPS) is 32.3. The van der Waals surface area contributed by atoms with E-state index < -0.39 is 312 Å². The Labute approximate surface area is 652 Å². The maximum absolute atomic E-state index is 14.4. The molecule has 5 fully saturated rings. The lowest BCUT2D eigenvalue weighted by atomic mass is 9.88. The van der Waals surface area contributed by atoms with E-state index in [1.165, 1.54) is 26.3 Å². The molecule has 5 heterocycles. The molecule has 114 heavy (non-hydrogen) atoms. The smallest absolute Gasteiger partial charge is 0.364 e. The van der Waals surface area contributed by atoms with Crippen LogP contribution in [0.25, 0.3) is 0 Å². The van der Waals surface area contributed by atoms with Crippen LogP contribution in [0.4, 0.5) is 0 Å². The molecule has 0 radical (unpaired) electrons. The molecule has 9 amide bonds. The minimum atomic E-state index is -3.19. The van der Waals surface area contributed by atoms with Crippen LogP contribution in [0, 0.1) is 5.92 Å². The fourth-order valence-corrected chi connectivity index (χ4v) is 12.9. The first-order valence-corrected chi connectivity index (χ1v) is 36.5. The Morgan fingerprint density at radius 2 is 1.25 bits per heavy atom. The zero-order chi connectivity index (χ0) is 85.8. The molecule has 5 saturated heterocycles. The lowest BCUT2D eigenvalue weighted by Crippen LogP contribution is -2.70. The van der Waals surface area contributed by atoms with Crippen LogP contribution in [0.1, 0.15) is 80.6 Å². The van der Waals surface area contributed by atoms with E-state index in [0.717, 1.165) is 32.7 Å². The molecular formula is C66H112N14O34. The number of nitrogens with one attached hydrogen (secondary N) is 8. The molecule has 0 spiro atoms. The molecule has 31 atom stereocenters. The Balaban J connectivity index is 1.32. The van der Waals surface area contributed by atoms with Crippen molar-refractivity contribution in [2.24, 2.45) is 33.8 Å². The highest BCUT2D eigenvalue weighted by Gasteiger charge is 2.60. The summed E-state index contributed by atoms with van der Waals surface area (Å²) in [4.78, 5) is 153. The highest BCUT2D eigenvalue weighted by Crippen LogP contribution is 2.39. The Morgan fingerprint density at radius 1 is 0.649 bits per heavy atom. The zero-order valence-electron chi connectivity index (χ0n) is 63.7. The minimum Gasteiger partial charge on any atom is -0.481 e. The number of rotatable bonds is 40. The van der Waals surface area contributed by atoms with Gasteiger partial charge in [0, 0.05) is 32.4 Å². The van der Waals surface area contributed by atoms with Gasteiger partial charge in [0.15, 0.2) is 18.9 Å². The van der Waals surface area contributed by atoms with Crippen molar-refractivity contribution >= 4 is 71.3 Å². The summed E-state index contributed by atoms with van der Waals surface area (Å²) in [6.07, 6.45) is -36.8. The van der Waals surface area contributed by atoms with Gasteiger partial charge in [-0.15, -0.1) is 0 Å². The second-order valence-electron chi connectivity index (χ2n) is 28.5. The predicted molar refractivity (Wildman–Crippen MR) is 381 cm³/mol. The number of likely N-dealkylation sites (N-methyl/N-ethyl adjacent to an activating group) is 1. The average molecular weight is 1650 g/mol. The number of hydrogen-bond donors (Lipinski definition) is 27. The number of nitrogens with zero attached hydrogens (tertiary/aromatic N) is 2. The van der Waals surface area contributed by atoms with E-state index >= 15 is 0 Å². The summed E-state index contributed by atoms with van der Waals surface area (Å²) in [5, 5.41) is 178. The number of aliphatic imine (C=N–C) groups is 1. The number of hydrogen-bond acceptors (Lipinski definition) is 37. The van der Waals surface area contributed by atoms with E-state index in [1.807, 2.05) is 0 Å². The Bertz CT molecular complexity index is 3320. The van der Waals surface area contributed by atoms with E-state index in [9.17, 15) is 129 Å². The van der Waals surface area contributed by atoms with E-state index in [4.69, 9.17) is 60.8 Å². The molecule has 10 unspecified atom stereocenters. The maximum Gasteiger partial charge on any atom is 0.364 e. The van der Waals surface area contributed by atoms with Crippen molar-refractivity contribution in [3.63, 3.8) is 0 Å². The molecule has 48 heteroatoms. The summed E-state index contributed by atoms with van der Waals surface area (Å²) in [6.45, 7) is 3.89. The standard InChI is InChI=1S/C66H112N14O34/c1-9-72-16-24(4)13-28(67)54(97)73-17-37(88)77-42(23(2)3)59(102)78-43(26(6)85)60(103)76-30(18-81)56(99)74-25(5)61(104)80-12-10-11-31(80)57(100)75-29(14-38(89)90)55(98)79-44(58(101)71-8)27(7)108-63-41(70)51(48(94)36(111-63)22-107-62-40(69)49(95)46(92)34(20-83)109-62)112-64-50(96)53(47(93)35(21-84)110-64)114-66(65(105)106)15-32(86)39(68)52(113-66)45(91)33(87)19-82/h9,16,23,25-36,39-53,62-64,81-87,91-96H,10-15,17-22,67-70H2,1-8H3,(H,71,101)(H,73,97)(H,74,99)(H,75,100)(H,76,103)(H,77,88)(H,78,102)(H,79,98)(H,89,90)(H,105,106)/b24-16+,72-9-/t25-,26?,27?,28-,29-,30-,31-,32+,33+,34?,35?,36?,39+,40?,41?,42-,43-,44-,45+,46+,47-,48-,49?,50-,51+,52?,53?,62+,63-,64-,66-/m0/s1. The van der Waals surface area contributed by atoms with E-state index in [2.05, 4.69) is 47.5 Å². The fraction of sp³-hybridized carbons (Fsp3) is 0.788. The summed E-state index contributed by atoms with van der Waals surface area (Å²) in [6, 6.07) is -18.4. The third-order valence-corrected chi connectivity index (χ3v) is 19.5. The monoisotopic (exact) mass is 1640 g/mol. The SMILES string of the molecule is C/C=N\C=C(/C)C[C@H](N)C(=O)NCC(=O)N[C@H](C(=O)N[C@H](C(=O)N[C@@H](CO)C(=O)N[C@@H](C)C(=O)N1CCC[C@H]1C(=O)N[C@@H](CC(=O)O)C(=O)N[C@H](C(=O)NC)C(C)O[C@H]1OC(CO[C@@H]2OC(CO)[C@@H](O)C(O)C2N)[C@H](O)[C@H](O[C@@H]2OC(CO)[C@H](O)C(O[C@]3(C(=O)O)C[C@@H](O)[C@@H](N)C([C@H](O)[C@H](O)CO)O3)[C@@H]2O)C1N)C(C)O)C(C)C. The van der Waals surface area contributed by atoms with Gasteiger partial charge in [0.1, 0.15) is 122 Å². The van der Waals surface area contributed by atoms with Crippen molar-refractivity contribution in [1.29, 1.82) is 0 Å². The molecule has 0 saturated carbocycles. The topological polar surface area (TPSA) is 781 Å². The van der Waals surface area contributed by atoms with Gasteiger partial charge < -0.3 is 185 Å².